The van der Waals surface area contributed by atoms with Gasteiger partial charge in [-0.05, 0) is 18.3 Å². The van der Waals surface area contributed by atoms with Gasteiger partial charge in [0.2, 0.25) is 0 Å². The fourth-order valence-corrected chi connectivity index (χ4v) is 2.14. The van der Waals surface area contributed by atoms with Crippen LogP contribution in [-0.4, -0.2) is 0 Å². The van der Waals surface area contributed by atoms with Crippen molar-refractivity contribution in [1.29, 1.82) is 0 Å². The topological polar surface area (TPSA) is 0 Å². The maximum Gasteiger partial charge on any atom is -0.0383 e. The number of unbranched alkanes of at least 4 members (excludes halogenated alkanes) is 3. The fraction of sp³-hybridized carbons (Fsp3) is 1.00. The molecule has 1 rings (SSSR count). The highest BCUT2D eigenvalue weighted by Gasteiger charge is 2.34. The second kappa shape index (κ2) is 5.61. The molecule has 0 radical (unpaired) electrons. The van der Waals surface area contributed by atoms with Gasteiger partial charge in [-0.3, -0.25) is 0 Å². The van der Waals surface area contributed by atoms with Crippen molar-refractivity contribution in [2.75, 3.05) is 0 Å². The normalized spacial score (nSPS) is 27.5. The van der Waals surface area contributed by atoms with Crippen molar-refractivity contribution in [3.63, 3.8) is 0 Å². The zero-order valence-corrected chi connectivity index (χ0v) is 8.81. The molecule has 1 aliphatic carbocycles. The average molecular weight is 168 g/mol. The third-order valence-electron chi connectivity index (χ3n) is 3.18. The molecule has 1 fully saturated rings. The average Bonchev–Trinajstić information content (AvgIpc) is 2.81. The highest BCUT2D eigenvalue weighted by atomic mass is 14.4. The van der Waals surface area contributed by atoms with E-state index < -0.39 is 0 Å². The summed E-state index contributed by atoms with van der Waals surface area (Å²) in [4.78, 5) is 0. The molecule has 2 atom stereocenters. The van der Waals surface area contributed by atoms with Crippen LogP contribution in [-0.2, 0) is 0 Å². The van der Waals surface area contributed by atoms with E-state index >= 15 is 0 Å². The molecule has 0 spiro atoms. The summed E-state index contributed by atoms with van der Waals surface area (Å²) in [7, 11) is 0. The molecule has 12 heavy (non-hydrogen) atoms. The van der Waals surface area contributed by atoms with E-state index in [2.05, 4.69) is 13.8 Å². The number of rotatable bonds is 7. The van der Waals surface area contributed by atoms with Gasteiger partial charge >= 0.3 is 0 Å². The van der Waals surface area contributed by atoms with E-state index in [0.717, 1.165) is 11.8 Å². The van der Waals surface area contributed by atoms with Crippen molar-refractivity contribution >= 4 is 0 Å². The quantitative estimate of drug-likeness (QED) is 0.494. The molecule has 0 unspecified atom stereocenters. The van der Waals surface area contributed by atoms with E-state index in [9.17, 15) is 0 Å². The van der Waals surface area contributed by atoms with Gasteiger partial charge in [-0.2, -0.15) is 0 Å². The fourth-order valence-electron chi connectivity index (χ4n) is 2.14. The minimum absolute atomic E-state index is 1.14. The summed E-state index contributed by atoms with van der Waals surface area (Å²) in [5, 5.41) is 0. The first-order valence-corrected chi connectivity index (χ1v) is 5.88. The van der Waals surface area contributed by atoms with Crippen LogP contribution in [0.15, 0.2) is 0 Å². The molecule has 0 nitrogen and oxygen atoms in total. The summed E-state index contributed by atoms with van der Waals surface area (Å²) < 4.78 is 0. The molecule has 0 heterocycles. The predicted molar refractivity (Wildman–Crippen MR) is 55.3 cm³/mol. The number of hydrogen-bond acceptors (Lipinski definition) is 0. The summed E-state index contributed by atoms with van der Waals surface area (Å²) in [6.07, 6.45) is 11.8. The Morgan fingerprint density at radius 2 is 1.42 bits per heavy atom. The van der Waals surface area contributed by atoms with Crippen LogP contribution in [0.25, 0.3) is 0 Å². The highest BCUT2D eigenvalue weighted by molar-refractivity contribution is 4.85. The largest absolute Gasteiger partial charge is 0.0654 e. The molecule has 0 heteroatoms. The lowest BCUT2D eigenvalue weighted by Crippen LogP contribution is -1.84. The van der Waals surface area contributed by atoms with Gasteiger partial charge < -0.3 is 0 Å². The van der Waals surface area contributed by atoms with Crippen LogP contribution in [0.2, 0.25) is 0 Å². The molecule has 0 N–H and O–H groups in total. The molecule has 0 amide bonds. The van der Waals surface area contributed by atoms with Crippen molar-refractivity contribution in [2.24, 2.45) is 11.8 Å². The van der Waals surface area contributed by atoms with E-state index in [1.165, 1.54) is 44.9 Å². The van der Waals surface area contributed by atoms with Gasteiger partial charge in [-0.1, -0.05) is 58.8 Å². The van der Waals surface area contributed by atoms with Gasteiger partial charge in [-0.15, -0.1) is 0 Å². The molecule has 72 valence electrons. The maximum atomic E-state index is 2.30. The SMILES string of the molecule is CCCCC[C@@H]1C[C@H]1CCCC. The summed E-state index contributed by atoms with van der Waals surface area (Å²) in [5.41, 5.74) is 0. The van der Waals surface area contributed by atoms with Crippen molar-refractivity contribution in [1.82, 2.24) is 0 Å². The maximum absolute atomic E-state index is 2.30. The lowest BCUT2D eigenvalue weighted by Gasteiger charge is -1.98. The standard InChI is InChI=1S/C12H24/c1-3-5-7-9-12-10-11(12)8-6-4-2/h11-12H,3-10H2,1-2H3/t11-,12-/m1/s1. The second-order valence-electron chi connectivity index (χ2n) is 4.39. The Labute approximate surface area is 77.7 Å². The van der Waals surface area contributed by atoms with Gasteiger partial charge in [0.1, 0.15) is 0 Å². The molecule has 0 aromatic rings. The monoisotopic (exact) mass is 168 g/mol. The molecular weight excluding hydrogens is 144 g/mol. The van der Waals surface area contributed by atoms with Crippen molar-refractivity contribution in [3.8, 4) is 0 Å². The molecule has 0 aliphatic heterocycles. The van der Waals surface area contributed by atoms with Crippen LogP contribution in [0.4, 0.5) is 0 Å². The van der Waals surface area contributed by atoms with E-state index in [1.807, 2.05) is 0 Å². The lowest BCUT2D eigenvalue weighted by atomic mass is 10.1. The van der Waals surface area contributed by atoms with Crippen LogP contribution in [0.5, 0.6) is 0 Å². The van der Waals surface area contributed by atoms with E-state index in [1.54, 1.807) is 6.42 Å². The molecule has 1 aliphatic rings. The van der Waals surface area contributed by atoms with Crippen LogP contribution >= 0.6 is 0 Å². The van der Waals surface area contributed by atoms with Gasteiger partial charge in [0.25, 0.3) is 0 Å². The molecule has 0 aromatic heterocycles. The third kappa shape index (κ3) is 3.60. The lowest BCUT2D eigenvalue weighted by molar-refractivity contribution is 0.548. The summed E-state index contributed by atoms with van der Waals surface area (Å²) in [6, 6.07) is 0. The summed E-state index contributed by atoms with van der Waals surface area (Å²) >= 11 is 0. The zero-order valence-electron chi connectivity index (χ0n) is 8.81. The van der Waals surface area contributed by atoms with Crippen molar-refractivity contribution in [3.05, 3.63) is 0 Å². The molecule has 1 saturated carbocycles. The Hall–Kier alpha value is 0. The van der Waals surface area contributed by atoms with E-state index in [-0.39, 0.29) is 0 Å². The van der Waals surface area contributed by atoms with Gasteiger partial charge in [0.15, 0.2) is 0 Å². The van der Waals surface area contributed by atoms with E-state index in [0.29, 0.717) is 0 Å². The molecular formula is C12H24. The summed E-state index contributed by atoms with van der Waals surface area (Å²) in [6.45, 7) is 4.59. The second-order valence-corrected chi connectivity index (χ2v) is 4.39. The summed E-state index contributed by atoms with van der Waals surface area (Å²) in [5.74, 6) is 2.28. The van der Waals surface area contributed by atoms with Gasteiger partial charge in [0, 0.05) is 0 Å². The Balaban J connectivity index is 1.86. The Morgan fingerprint density at radius 3 is 2.00 bits per heavy atom. The minimum atomic E-state index is 1.14. The van der Waals surface area contributed by atoms with Crippen molar-refractivity contribution in [2.45, 2.75) is 65.2 Å². The van der Waals surface area contributed by atoms with Crippen molar-refractivity contribution < 1.29 is 0 Å². The smallest absolute Gasteiger partial charge is 0.0383 e. The van der Waals surface area contributed by atoms with Crippen LogP contribution in [0, 0.1) is 11.8 Å². The third-order valence-corrected chi connectivity index (χ3v) is 3.18. The van der Waals surface area contributed by atoms with E-state index in [4.69, 9.17) is 0 Å². The minimum Gasteiger partial charge on any atom is -0.0654 e. The van der Waals surface area contributed by atoms with Crippen LogP contribution in [0.1, 0.15) is 65.2 Å². The number of hydrogen-bond donors (Lipinski definition) is 0. The molecule has 0 saturated heterocycles. The molecule has 0 aromatic carbocycles. The zero-order chi connectivity index (χ0) is 8.81. The first kappa shape index (κ1) is 10.1. The predicted octanol–water partition coefficient (Wildman–Crippen LogP) is 4.39. The van der Waals surface area contributed by atoms with Gasteiger partial charge in [-0.25, -0.2) is 0 Å². The highest BCUT2D eigenvalue weighted by Crippen LogP contribution is 2.45. The Bertz CT molecular complexity index is 107. The molecule has 0 bridgehead atoms. The van der Waals surface area contributed by atoms with Gasteiger partial charge in [0.05, 0.1) is 0 Å². The van der Waals surface area contributed by atoms with Crippen LogP contribution in [0.3, 0.4) is 0 Å². The Morgan fingerprint density at radius 1 is 0.833 bits per heavy atom. The first-order chi connectivity index (χ1) is 5.88. The Kier molecular flexibility index (Phi) is 4.72. The first-order valence-electron chi connectivity index (χ1n) is 5.88. The van der Waals surface area contributed by atoms with Crippen LogP contribution < -0.4 is 0 Å².